The zero-order valence-corrected chi connectivity index (χ0v) is 18.5. The summed E-state index contributed by atoms with van der Waals surface area (Å²) < 4.78 is 5.82. The van der Waals surface area contributed by atoms with Crippen LogP contribution in [-0.2, 0) is 4.74 Å². The Morgan fingerprint density at radius 3 is 2.38 bits per heavy atom. The van der Waals surface area contributed by atoms with Gasteiger partial charge >= 0.3 is 0 Å². The van der Waals surface area contributed by atoms with E-state index in [-0.39, 0.29) is 11.0 Å². The van der Waals surface area contributed by atoms with E-state index in [2.05, 4.69) is 40.4 Å². The molecule has 1 saturated heterocycles. The molecule has 2 rings (SSSR count). The second-order valence-electron chi connectivity index (χ2n) is 10.4. The molecule has 2 aliphatic rings. The monoisotopic (exact) mass is 364 g/mol. The molecule has 4 unspecified atom stereocenters. The number of methoxy groups -OCH3 is 1. The highest BCUT2D eigenvalue weighted by molar-refractivity contribution is 6.15. The predicted octanol–water partition coefficient (Wildman–Crippen LogP) is 3.94. The highest BCUT2D eigenvalue weighted by atomic mass is 16.5. The zero-order valence-electron chi connectivity index (χ0n) is 18.5. The Morgan fingerprint density at radius 1 is 1.08 bits per heavy atom. The molecule has 0 aromatic heterocycles. The van der Waals surface area contributed by atoms with E-state index >= 15 is 0 Å². The Morgan fingerprint density at radius 2 is 1.77 bits per heavy atom. The fourth-order valence-corrected chi connectivity index (χ4v) is 6.28. The van der Waals surface area contributed by atoms with Crippen LogP contribution in [0.1, 0.15) is 91.9 Å². The summed E-state index contributed by atoms with van der Waals surface area (Å²) in [5.74, 6) is 1.44. The molecule has 3 nitrogen and oxygen atoms in total. The second-order valence-corrected chi connectivity index (χ2v) is 10.4. The quantitative estimate of drug-likeness (QED) is 0.751. The van der Waals surface area contributed by atoms with Crippen LogP contribution in [-0.4, -0.2) is 49.5 Å². The third-order valence-electron chi connectivity index (χ3n) is 6.91. The van der Waals surface area contributed by atoms with Gasteiger partial charge in [0, 0.05) is 24.7 Å². The molecule has 0 aromatic carbocycles. The van der Waals surface area contributed by atoms with E-state index < -0.39 is 0 Å². The standard InChI is InChI=1S/C22H45BN2O/c1-17(2)14-21(16-26-5)13-11-19-15-22(23,24)12-9-7-6-8-10-20(19)25(21)18(3)4/h17-20H,6-16,23-24H2,1-5H3. The van der Waals surface area contributed by atoms with Crippen LogP contribution in [0, 0.1) is 11.8 Å². The highest BCUT2D eigenvalue weighted by Gasteiger charge is 2.49. The van der Waals surface area contributed by atoms with E-state index in [9.17, 15) is 0 Å². The number of fused-ring (bicyclic) bond motifs is 1. The van der Waals surface area contributed by atoms with Gasteiger partial charge in [0.1, 0.15) is 7.85 Å². The van der Waals surface area contributed by atoms with E-state index in [1.165, 1.54) is 64.2 Å². The molecule has 1 heterocycles. The second kappa shape index (κ2) is 9.43. The third-order valence-corrected chi connectivity index (χ3v) is 6.91. The maximum Gasteiger partial charge on any atom is 0.127 e. The summed E-state index contributed by atoms with van der Waals surface area (Å²) in [5.41, 5.74) is 6.96. The molecule has 4 atom stereocenters. The van der Waals surface area contributed by atoms with Crippen molar-refractivity contribution in [2.24, 2.45) is 17.6 Å². The van der Waals surface area contributed by atoms with Crippen LogP contribution in [0.4, 0.5) is 0 Å². The van der Waals surface area contributed by atoms with Crippen LogP contribution in [0.5, 0.6) is 0 Å². The number of nitrogens with two attached hydrogens (primary N) is 1. The smallest absolute Gasteiger partial charge is 0.127 e. The third kappa shape index (κ3) is 5.48. The maximum atomic E-state index is 6.76. The molecule has 0 amide bonds. The minimum atomic E-state index is 0.00219. The lowest BCUT2D eigenvalue weighted by Gasteiger charge is -2.58. The summed E-state index contributed by atoms with van der Waals surface area (Å²) in [6.45, 7) is 10.4. The first-order chi connectivity index (χ1) is 12.2. The minimum Gasteiger partial charge on any atom is -0.383 e. The Hall–Kier alpha value is -0.0551. The van der Waals surface area contributed by atoms with Gasteiger partial charge in [-0.2, -0.15) is 0 Å². The van der Waals surface area contributed by atoms with Gasteiger partial charge in [-0.3, -0.25) is 4.90 Å². The number of likely N-dealkylation sites (tertiary alicyclic amines) is 1. The van der Waals surface area contributed by atoms with Crippen LogP contribution < -0.4 is 5.73 Å². The molecule has 1 saturated carbocycles. The van der Waals surface area contributed by atoms with E-state index in [4.69, 9.17) is 10.5 Å². The van der Waals surface area contributed by atoms with Gasteiger partial charge in [-0.15, -0.1) is 0 Å². The van der Waals surface area contributed by atoms with E-state index in [1.54, 1.807) is 0 Å². The summed E-state index contributed by atoms with van der Waals surface area (Å²) in [6.07, 6.45) is 12.9. The Labute approximate surface area is 164 Å². The van der Waals surface area contributed by atoms with Crippen molar-refractivity contribution in [1.29, 1.82) is 0 Å². The molecule has 2 fully saturated rings. The van der Waals surface area contributed by atoms with E-state index in [0.29, 0.717) is 18.0 Å². The van der Waals surface area contributed by atoms with Crippen molar-refractivity contribution >= 4 is 7.85 Å². The van der Waals surface area contributed by atoms with Gasteiger partial charge in [0.15, 0.2) is 0 Å². The molecule has 0 bridgehead atoms. The molecule has 26 heavy (non-hydrogen) atoms. The van der Waals surface area contributed by atoms with Crippen LogP contribution >= 0.6 is 0 Å². The first-order valence-corrected chi connectivity index (χ1v) is 11.3. The predicted molar refractivity (Wildman–Crippen MR) is 115 cm³/mol. The molecular weight excluding hydrogens is 319 g/mol. The normalized spacial score (nSPS) is 37.7. The molecular formula is C22H45BN2O. The summed E-state index contributed by atoms with van der Waals surface area (Å²) in [5, 5.41) is 0. The SMILES string of the molecule is BC1(N)CCCCCCC2C(CCC(COC)(CC(C)C)N2C(C)C)C1. The van der Waals surface area contributed by atoms with Gasteiger partial charge in [-0.05, 0) is 69.6 Å². The molecule has 0 radical (unpaired) electrons. The van der Waals surface area contributed by atoms with Crippen molar-refractivity contribution in [3.05, 3.63) is 0 Å². The summed E-state index contributed by atoms with van der Waals surface area (Å²) in [7, 11) is 4.19. The lowest BCUT2D eigenvalue weighted by molar-refractivity contribution is -0.104. The molecule has 1 aliphatic carbocycles. The number of ether oxygens (including phenoxy) is 1. The highest BCUT2D eigenvalue weighted by Crippen LogP contribution is 2.45. The lowest BCUT2D eigenvalue weighted by atomic mass is 9.63. The number of piperidine rings is 1. The molecule has 4 heteroatoms. The van der Waals surface area contributed by atoms with Gasteiger partial charge in [0.25, 0.3) is 0 Å². The average molecular weight is 364 g/mol. The average Bonchev–Trinajstić information content (AvgIpc) is 2.51. The van der Waals surface area contributed by atoms with Crippen molar-refractivity contribution < 1.29 is 4.74 Å². The Bertz CT molecular complexity index is 426. The molecule has 2 N–H and O–H groups in total. The number of rotatable bonds is 5. The summed E-state index contributed by atoms with van der Waals surface area (Å²) >= 11 is 0. The van der Waals surface area contributed by atoms with Gasteiger partial charge < -0.3 is 10.5 Å². The largest absolute Gasteiger partial charge is 0.383 e. The van der Waals surface area contributed by atoms with Crippen LogP contribution in [0.25, 0.3) is 0 Å². The van der Waals surface area contributed by atoms with Crippen molar-refractivity contribution in [2.75, 3.05) is 13.7 Å². The first-order valence-electron chi connectivity index (χ1n) is 11.3. The van der Waals surface area contributed by atoms with E-state index in [0.717, 1.165) is 12.5 Å². The van der Waals surface area contributed by atoms with Gasteiger partial charge in [-0.1, -0.05) is 39.5 Å². The van der Waals surface area contributed by atoms with Gasteiger partial charge in [0.05, 0.1) is 6.61 Å². The van der Waals surface area contributed by atoms with Gasteiger partial charge in [0.2, 0.25) is 0 Å². The van der Waals surface area contributed by atoms with Crippen molar-refractivity contribution in [1.82, 2.24) is 4.90 Å². The van der Waals surface area contributed by atoms with Crippen molar-refractivity contribution in [2.45, 2.75) is 115 Å². The molecule has 1 aliphatic heterocycles. The first kappa shape index (κ1) is 22.2. The molecule has 0 aromatic rings. The van der Waals surface area contributed by atoms with Crippen molar-refractivity contribution in [3.8, 4) is 0 Å². The summed E-state index contributed by atoms with van der Waals surface area (Å²) in [4.78, 5) is 2.89. The fourth-order valence-electron chi connectivity index (χ4n) is 6.28. The molecule has 0 spiro atoms. The Kier molecular flexibility index (Phi) is 8.06. The lowest BCUT2D eigenvalue weighted by Crippen LogP contribution is -2.65. The van der Waals surface area contributed by atoms with Crippen LogP contribution in [0.2, 0.25) is 0 Å². The number of nitrogens with zero attached hydrogens (tertiary/aromatic N) is 1. The van der Waals surface area contributed by atoms with Crippen LogP contribution in [0.3, 0.4) is 0 Å². The van der Waals surface area contributed by atoms with Crippen LogP contribution in [0.15, 0.2) is 0 Å². The van der Waals surface area contributed by atoms with Gasteiger partial charge in [-0.25, -0.2) is 0 Å². The molecule has 152 valence electrons. The number of hydrogen-bond acceptors (Lipinski definition) is 3. The van der Waals surface area contributed by atoms with Crippen molar-refractivity contribution in [3.63, 3.8) is 0 Å². The fraction of sp³-hybridized carbons (Fsp3) is 1.00. The zero-order chi connectivity index (χ0) is 19.4. The summed E-state index contributed by atoms with van der Waals surface area (Å²) in [6, 6.07) is 1.22. The topological polar surface area (TPSA) is 38.5 Å². The maximum absolute atomic E-state index is 6.76. The Balaban J connectivity index is 2.34. The minimum absolute atomic E-state index is 0.00219. The number of hydrogen-bond donors (Lipinski definition) is 1. The van der Waals surface area contributed by atoms with E-state index in [1.807, 2.05) is 7.11 Å².